The van der Waals surface area contributed by atoms with Gasteiger partial charge in [0.05, 0.1) is 7.05 Å². The summed E-state index contributed by atoms with van der Waals surface area (Å²) in [5.41, 5.74) is 0.139. The maximum Gasteiger partial charge on any atom is 0.281 e. The zero-order valence-electron chi connectivity index (χ0n) is 5.55. The van der Waals surface area contributed by atoms with Gasteiger partial charge in [-0.2, -0.15) is 0 Å². The van der Waals surface area contributed by atoms with E-state index in [9.17, 15) is 0 Å². The molecule has 0 amide bonds. The Labute approximate surface area is 49.6 Å². The summed E-state index contributed by atoms with van der Waals surface area (Å²) in [5, 5.41) is 0. The molecule has 0 saturated heterocycles. The molecule has 1 rings (SSSR count). The average molecular weight is 111 g/mol. The van der Waals surface area contributed by atoms with E-state index >= 15 is 0 Å². The Hall–Kier alpha value is -0.660. The normalized spacial score (nSPS) is 23.6. The van der Waals surface area contributed by atoms with Crippen LogP contribution in [0, 0.1) is 0 Å². The molecule has 8 heavy (non-hydrogen) atoms. The highest BCUT2D eigenvalue weighted by atomic mass is 15.1. The first kappa shape index (κ1) is 5.48. The van der Waals surface area contributed by atoms with E-state index in [2.05, 4.69) is 23.4 Å². The second kappa shape index (κ2) is 1.41. The van der Waals surface area contributed by atoms with Crippen LogP contribution in [0.4, 0.5) is 0 Å². The van der Waals surface area contributed by atoms with Crippen molar-refractivity contribution < 1.29 is 4.58 Å². The van der Waals surface area contributed by atoms with E-state index in [1.807, 2.05) is 19.6 Å². The lowest BCUT2D eigenvalue weighted by atomic mass is 10.1. The third-order valence-corrected chi connectivity index (χ3v) is 1.54. The van der Waals surface area contributed by atoms with Gasteiger partial charge in [0.2, 0.25) is 0 Å². The molecule has 0 aromatic carbocycles. The Kier molecular flexibility index (Phi) is 0.962. The molecule has 2 heteroatoms. The minimum Gasteiger partial charge on any atom is -0.255 e. The van der Waals surface area contributed by atoms with Gasteiger partial charge in [0, 0.05) is 0 Å². The molecule has 0 atom stereocenters. The van der Waals surface area contributed by atoms with Crippen molar-refractivity contribution in [2.24, 2.45) is 4.99 Å². The standard InChI is InChI=1S/C6H11N2/c1-6(2)4-7-5-8(6)3/h4-5H,1-3H3/q+1. The van der Waals surface area contributed by atoms with Crippen LogP contribution in [0.25, 0.3) is 0 Å². The fourth-order valence-corrected chi connectivity index (χ4v) is 0.556. The molecule has 1 aliphatic rings. The Bertz CT molecular complexity index is 154. The van der Waals surface area contributed by atoms with Crippen LogP contribution < -0.4 is 0 Å². The highest BCUT2D eigenvalue weighted by Crippen LogP contribution is 2.05. The zero-order valence-corrected chi connectivity index (χ0v) is 5.55. The largest absolute Gasteiger partial charge is 0.281 e. The smallest absolute Gasteiger partial charge is 0.255 e. The molecule has 1 aliphatic heterocycles. The van der Waals surface area contributed by atoms with Gasteiger partial charge in [0.25, 0.3) is 6.34 Å². The predicted octanol–water partition coefficient (Wildman–Crippen LogP) is 0.520. The second-order valence-corrected chi connectivity index (χ2v) is 2.66. The van der Waals surface area contributed by atoms with Crippen molar-refractivity contribution in [2.75, 3.05) is 7.05 Å². The Morgan fingerprint density at radius 1 is 1.50 bits per heavy atom. The summed E-state index contributed by atoms with van der Waals surface area (Å²) in [4.78, 5) is 3.99. The summed E-state index contributed by atoms with van der Waals surface area (Å²) in [6.07, 6.45) is 3.77. The molecule has 0 spiro atoms. The Morgan fingerprint density at radius 3 is 2.25 bits per heavy atom. The first-order valence-electron chi connectivity index (χ1n) is 2.73. The van der Waals surface area contributed by atoms with Crippen LogP contribution in [0.1, 0.15) is 13.8 Å². The lowest BCUT2D eigenvalue weighted by Gasteiger charge is -2.10. The van der Waals surface area contributed by atoms with Crippen LogP contribution >= 0.6 is 0 Å². The van der Waals surface area contributed by atoms with Crippen molar-refractivity contribution in [1.82, 2.24) is 0 Å². The minimum atomic E-state index is 0.139. The van der Waals surface area contributed by atoms with Crippen molar-refractivity contribution in [3.05, 3.63) is 0 Å². The van der Waals surface area contributed by atoms with Crippen LogP contribution in [0.3, 0.4) is 0 Å². The van der Waals surface area contributed by atoms with E-state index in [0.29, 0.717) is 0 Å². The topological polar surface area (TPSA) is 15.4 Å². The SMILES string of the molecule is C[N+]1=CN=CC1(C)C. The molecule has 0 aromatic rings. The maximum absolute atomic E-state index is 3.99. The third-order valence-electron chi connectivity index (χ3n) is 1.54. The van der Waals surface area contributed by atoms with Crippen LogP contribution in [0.2, 0.25) is 0 Å². The average Bonchev–Trinajstić information content (AvgIpc) is 1.86. The highest BCUT2D eigenvalue weighted by molar-refractivity contribution is 5.79. The van der Waals surface area contributed by atoms with Gasteiger partial charge in [-0.15, -0.1) is 0 Å². The Morgan fingerprint density at radius 2 is 2.12 bits per heavy atom. The maximum atomic E-state index is 3.99. The lowest BCUT2D eigenvalue weighted by Crippen LogP contribution is -2.31. The minimum absolute atomic E-state index is 0.139. The van der Waals surface area contributed by atoms with Crippen molar-refractivity contribution >= 4 is 12.6 Å². The quantitative estimate of drug-likeness (QED) is 0.405. The van der Waals surface area contributed by atoms with Gasteiger partial charge in [-0.25, -0.2) is 0 Å². The molecule has 0 radical (unpaired) electrons. The van der Waals surface area contributed by atoms with Crippen molar-refractivity contribution in [3.8, 4) is 0 Å². The van der Waals surface area contributed by atoms with Gasteiger partial charge in [0.1, 0.15) is 0 Å². The van der Waals surface area contributed by atoms with Gasteiger partial charge in [-0.05, 0) is 13.8 Å². The fraction of sp³-hybridized carbons (Fsp3) is 0.667. The van der Waals surface area contributed by atoms with Gasteiger partial charge in [-0.1, -0.05) is 4.99 Å². The first-order chi connectivity index (χ1) is 3.63. The van der Waals surface area contributed by atoms with Crippen molar-refractivity contribution in [1.29, 1.82) is 0 Å². The number of hydrogen-bond donors (Lipinski definition) is 0. The molecule has 44 valence electrons. The van der Waals surface area contributed by atoms with Crippen LogP contribution in [-0.2, 0) is 0 Å². The molecule has 0 N–H and O–H groups in total. The van der Waals surface area contributed by atoms with Crippen molar-refractivity contribution in [3.63, 3.8) is 0 Å². The molecule has 2 nitrogen and oxygen atoms in total. The lowest BCUT2D eigenvalue weighted by molar-refractivity contribution is -0.544. The molecule has 1 heterocycles. The Balaban J connectivity index is 2.87. The summed E-state index contributed by atoms with van der Waals surface area (Å²) in [6, 6.07) is 0. The number of nitrogens with zero attached hydrogens (tertiary/aromatic N) is 2. The number of aliphatic imine (C=N–C) groups is 1. The van der Waals surface area contributed by atoms with E-state index in [1.165, 1.54) is 0 Å². The van der Waals surface area contributed by atoms with E-state index in [1.54, 1.807) is 0 Å². The molecule has 0 aromatic heterocycles. The summed E-state index contributed by atoms with van der Waals surface area (Å²) < 4.78 is 2.08. The van der Waals surface area contributed by atoms with Crippen molar-refractivity contribution in [2.45, 2.75) is 19.4 Å². The number of hydrogen-bond acceptors (Lipinski definition) is 1. The molecule has 0 unspecified atom stereocenters. The molecule has 0 bridgehead atoms. The van der Waals surface area contributed by atoms with Crippen LogP contribution in [0.5, 0.6) is 0 Å². The molecule has 0 aliphatic carbocycles. The van der Waals surface area contributed by atoms with E-state index in [0.717, 1.165) is 0 Å². The summed E-state index contributed by atoms with van der Waals surface area (Å²) >= 11 is 0. The predicted molar refractivity (Wildman–Crippen MR) is 34.8 cm³/mol. The molecule has 0 fully saturated rings. The zero-order chi connectivity index (χ0) is 6.20. The van der Waals surface area contributed by atoms with Gasteiger partial charge in [0.15, 0.2) is 11.8 Å². The van der Waals surface area contributed by atoms with Crippen LogP contribution in [0.15, 0.2) is 4.99 Å². The summed E-state index contributed by atoms with van der Waals surface area (Å²) in [6.45, 7) is 4.25. The second-order valence-electron chi connectivity index (χ2n) is 2.66. The van der Waals surface area contributed by atoms with E-state index < -0.39 is 0 Å². The highest BCUT2D eigenvalue weighted by Gasteiger charge is 2.26. The van der Waals surface area contributed by atoms with Crippen LogP contribution in [-0.4, -0.2) is 29.7 Å². The third kappa shape index (κ3) is 0.661. The summed E-state index contributed by atoms with van der Waals surface area (Å²) in [5.74, 6) is 0. The van der Waals surface area contributed by atoms with E-state index in [4.69, 9.17) is 0 Å². The number of rotatable bonds is 0. The molecular formula is C6H11N2+. The fourth-order valence-electron chi connectivity index (χ4n) is 0.556. The first-order valence-corrected chi connectivity index (χ1v) is 2.73. The van der Waals surface area contributed by atoms with Gasteiger partial charge in [-0.3, -0.25) is 4.58 Å². The molecular weight excluding hydrogens is 100 g/mol. The van der Waals surface area contributed by atoms with Gasteiger partial charge >= 0.3 is 0 Å². The summed E-state index contributed by atoms with van der Waals surface area (Å²) in [7, 11) is 2.02. The van der Waals surface area contributed by atoms with E-state index in [-0.39, 0.29) is 5.54 Å². The monoisotopic (exact) mass is 111 g/mol. The molecule has 0 saturated carbocycles. The van der Waals surface area contributed by atoms with Gasteiger partial charge < -0.3 is 0 Å².